The number of anilines is 1. The Bertz CT molecular complexity index is 376. The van der Waals surface area contributed by atoms with Crippen LogP contribution in [0.25, 0.3) is 0 Å². The molecule has 2 heterocycles. The van der Waals surface area contributed by atoms with Gasteiger partial charge in [-0.3, -0.25) is 4.90 Å². The molecule has 2 fully saturated rings. The number of piperidine rings is 1. The van der Waals surface area contributed by atoms with Crippen LogP contribution in [0.2, 0.25) is 0 Å². The zero-order valence-electron chi connectivity index (χ0n) is 12.0. The number of para-hydroxylation sites is 1. The van der Waals surface area contributed by atoms with Crippen molar-refractivity contribution in [1.82, 2.24) is 9.80 Å². The first-order chi connectivity index (χ1) is 9.33. The summed E-state index contributed by atoms with van der Waals surface area (Å²) in [6.45, 7) is 7.34. The van der Waals surface area contributed by atoms with Crippen molar-refractivity contribution in [2.75, 3.05) is 51.2 Å². The fourth-order valence-electron chi connectivity index (χ4n) is 3.34. The molecule has 0 N–H and O–H groups in total. The summed E-state index contributed by atoms with van der Waals surface area (Å²) >= 11 is 0. The summed E-state index contributed by atoms with van der Waals surface area (Å²) in [7, 11) is 2.24. The molecule has 1 aromatic rings. The Balaban J connectivity index is 1.52. The molecule has 19 heavy (non-hydrogen) atoms. The van der Waals surface area contributed by atoms with Gasteiger partial charge in [-0.1, -0.05) is 18.2 Å². The molecular formula is C16H25N3. The third-order valence-corrected chi connectivity index (χ3v) is 4.64. The molecule has 2 aliphatic heterocycles. The summed E-state index contributed by atoms with van der Waals surface area (Å²) in [6, 6.07) is 11.7. The van der Waals surface area contributed by atoms with Gasteiger partial charge in [0.2, 0.25) is 0 Å². The zero-order valence-corrected chi connectivity index (χ0v) is 12.0. The van der Waals surface area contributed by atoms with Crippen LogP contribution in [0.1, 0.15) is 12.8 Å². The van der Waals surface area contributed by atoms with Gasteiger partial charge in [-0.2, -0.15) is 0 Å². The summed E-state index contributed by atoms with van der Waals surface area (Å²) in [5, 5.41) is 0. The fraction of sp³-hybridized carbons (Fsp3) is 0.625. The van der Waals surface area contributed by atoms with E-state index in [0.29, 0.717) is 0 Å². The van der Waals surface area contributed by atoms with Gasteiger partial charge in [0.25, 0.3) is 0 Å². The average molecular weight is 259 g/mol. The van der Waals surface area contributed by atoms with Crippen LogP contribution >= 0.6 is 0 Å². The first-order valence-corrected chi connectivity index (χ1v) is 7.55. The van der Waals surface area contributed by atoms with E-state index < -0.39 is 0 Å². The molecule has 0 saturated carbocycles. The van der Waals surface area contributed by atoms with Gasteiger partial charge in [0.05, 0.1) is 0 Å². The lowest BCUT2D eigenvalue weighted by atomic mass is 10.0. The van der Waals surface area contributed by atoms with Crippen LogP contribution in [0.3, 0.4) is 0 Å². The number of benzene rings is 1. The van der Waals surface area contributed by atoms with E-state index in [1.54, 1.807) is 0 Å². The Morgan fingerprint density at radius 1 is 0.842 bits per heavy atom. The third-order valence-electron chi connectivity index (χ3n) is 4.64. The van der Waals surface area contributed by atoms with Gasteiger partial charge < -0.3 is 9.80 Å². The van der Waals surface area contributed by atoms with Gasteiger partial charge in [0, 0.05) is 37.9 Å². The third kappa shape index (κ3) is 3.10. The van der Waals surface area contributed by atoms with Crippen molar-refractivity contribution in [3.8, 4) is 0 Å². The highest BCUT2D eigenvalue weighted by molar-refractivity contribution is 5.46. The Morgan fingerprint density at radius 2 is 1.47 bits per heavy atom. The highest BCUT2D eigenvalue weighted by atomic mass is 15.3. The van der Waals surface area contributed by atoms with E-state index in [1.165, 1.54) is 57.8 Å². The van der Waals surface area contributed by atoms with Crippen molar-refractivity contribution in [2.45, 2.75) is 18.9 Å². The van der Waals surface area contributed by atoms with E-state index >= 15 is 0 Å². The van der Waals surface area contributed by atoms with Gasteiger partial charge >= 0.3 is 0 Å². The monoisotopic (exact) mass is 259 g/mol. The molecule has 0 aromatic heterocycles. The lowest BCUT2D eigenvalue weighted by Gasteiger charge is -2.42. The van der Waals surface area contributed by atoms with E-state index in [0.717, 1.165) is 6.04 Å². The van der Waals surface area contributed by atoms with Crippen LogP contribution in [0.4, 0.5) is 5.69 Å². The first kappa shape index (κ1) is 12.9. The van der Waals surface area contributed by atoms with Crippen molar-refractivity contribution in [3.05, 3.63) is 30.3 Å². The second kappa shape index (κ2) is 5.93. The smallest absolute Gasteiger partial charge is 0.0367 e. The van der Waals surface area contributed by atoms with E-state index in [4.69, 9.17) is 0 Å². The van der Waals surface area contributed by atoms with E-state index in [1.807, 2.05) is 0 Å². The number of hydrogen-bond donors (Lipinski definition) is 0. The topological polar surface area (TPSA) is 9.72 Å². The van der Waals surface area contributed by atoms with Crippen molar-refractivity contribution < 1.29 is 0 Å². The minimum Gasteiger partial charge on any atom is -0.369 e. The standard InChI is InChI=1S/C16H25N3/c1-17-9-7-16(8-10-17)19-13-11-18(12-14-19)15-5-3-2-4-6-15/h2-6,16H,7-14H2,1H3. The minimum atomic E-state index is 0.828. The molecule has 3 nitrogen and oxygen atoms in total. The summed E-state index contributed by atoms with van der Waals surface area (Å²) in [5.41, 5.74) is 1.38. The maximum absolute atomic E-state index is 2.71. The highest BCUT2D eigenvalue weighted by Crippen LogP contribution is 2.20. The van der Waals surface area contributed by atoms with Gasteiger partial charge in [-0.15, -0.1) is 0 Å². The van der Waals surface area contributed by atoms with Crippen LogP contribution < -0.4 is 4.90 Å². The maximum atomic E-state index is 2.71. The molecule has 0 unspecified atom stereocenters. The molecule has 3 rings (SSSR count). The second-order valence-corrected chi connectivity index (χ2v) is 5.89. The van der Waals surface area contributed by atoms with Crippen LogP contribution in [0, 0.1) is 0 Å². The number of rotatable bonds is 2. The fourth-order valence-corrected chi connectivity index (χ4v) is 3.34. The van der Waals surface area contributed by atoms with Crippen molar-refractivity contribution in [3.63, 3.8) is 0 Å². The minimum absolute atomic E-state index is 0.828. The number of likely N-dealkylation sites (tertiary alicyclic amines) is 1. The van der Waals surface area contributed by atoms with Gasteiger partial charge in [0.1, 0.15) is 0 Å². The molecule has 0 amide bonds. The molecular weight excluding hydrogens is 234 g/mol. The lowest BCUT2D eigenvalue weighted by Crippen LogP contribution is -2.52. The van der Waals surface area contributed by atoms with Crippen LogP contribution in [-0.4, -0.2) is 62.2 Å². The number of hydrogen-bond acceptors (Lipinski definition) is 3. The molecule has 0 atom stereocenters. The molecule has 0 radical (unpaired) electrons. The molecule has 0 spiro atoms. The summed E-state index contributed by atoms with van der Waals surface area (Å²) in [4.78, 5) is 7.69. The predicted molar refractivity (Wildman–Crippen MR) is 80.7 cm³/mol. The quantitative estimate of drug-likeness (QED) is 0.803. The molecule has 1 aromatic carbocycles. The van der Waals surface area contributed by atoms with Gasteiger partial charge in [-0.05, 0) is 45.1 Å². The summed E-state index contributed by atoms with van der Waals surface area (Å²) in [6.07, 6.45) is 2.70. The van der Waals surface area contributed by atoms with Crippen LogP contribution in [0.15, 0.2) is 30.3 Å². The Hall–Kier alpha value is -1.06. The maximum Gasteiger partial charge on any atom is 0.0367 e. The van der Waals surface area contributed by atoms with Crippen molar-refractivity contribution >= 4 is 5.69 Å². The Morgan fingerprint density at radius 3 is 2.11 bits per heavy atom. The molecule has 2 saturated heterocycles. The predicted octanol–water partition coefficient (Wildman–Crippen LogP) is 1.90. The second-order valence-electron chi connectivity index (χ2n) is 5.89. The van der Waals surface area contributed by atoms with E-state index in [-0.39, 0.29) is 0 Å². The van der Waals surface area contributed by atoms with E-state index in [9.17, 15) is 0 Å². The number of piperazine rings is 1. The van der Waals surface area contributed by atoms with Gasteiger partial charge in [-0.25, -0.2) is 0 Å². The molecule has 104 valence electrons. The normalized spacial score (nSPS) is 23.7. The molecule has 0 aliphatic carbocycles. The van der Waals surface area contributed by atoms with Crippen LogP contribution in [0.5, 0.6) is 0 Å². The SMILES string of the molecule is CN1CCC(N2CCN(c3ccccc3)CC2)CC1. The van der Waals surface area contributed by atoms with Crippen molar-refractivity contribution in [1.29, 1.82) is 0 Å². The summed E-state index contributed by atoms with van der Waals surface area (Å²) in [5.74, 6) is 0. The number of nitrogens with zero attached hydrogens (tertiary/aromatic N) is 3. The average Bonchev–Trinajstić information content (AvgIpc) is 2.49. The Labute approximate surface area is 116 Å². The molecule has 0 bridgehead atoms. The van der Waals surface area contributed by atoms with Crippen LogP contribution in [-0.2, 0) is 0 Å². The largest absolute Gasteiger partial charge is 0.369 e. The van der Waals surface area contributed by atoms with Gasteiger partial charge in [0.15, 0.2) is 0 Å². The zero-order chi connectivity index (χ0) is 13.1. The highest BCUT2D eigenvalue weighted by Gasteiger charge is 2.26. The lowest BCUT2D eigenvalue weighted by molar-refractivity contribution is 0.115. The Kier molecular flexibility index (Phi) is 4.04. The summed E-state index contributed by atoms with van der Waals surface area (Å²) < 4.78 is 0. The first-order valence-electron chi connectivity index (χ1n) is 7.55. The van der Waals surface area contributed by atoms with E-state index in [2.05, 4.69) is 52.1 Å². The molecule has 2 aliphatic rings. The molecule has 3 heteroatoms. The van der Waals surface area contributed by atoms with Crippen molar-refractivity contribution in [2.24, 2.45) is 0 Å².